The highest BCUT2D eigenvalue weighted by molar-refractivity contribution is 6.14. The number of nitrogens with zero attached hydrogens (tertiary/aromatic N) is 1. The predicted molar refractivity (Wildman–Crippen MR) is 78.9 cm³/mol. The molecule has 0 atom stereocenters. The number of nitrogens with one attached hydrogen (secondary N) is 2. The molecule has 0 fully saturated rings. The minimum atomic E-state index is 0.449. The van der Waals surface area contributed by atoms with E-state index in [1.165, 1.54) is 0 Å². The van der Waals surface area contributed by atoms with Gasteiger partial charge in [-0.15, -0.1) is 0 Å². The minimum absolute atomic E-state index is 0.449. The molecule has 0 saturated heterocycles. The fourth-order valence-electron chi connectivity index (χ4n) is 1.76. The van der Waals surface area contributed by atoms with Crippen molar-refractivity contribution in [2.45, 2.75) is 6.92 Å². The second-order valence-corrected chi connectivity index (χ2v) is 4.10. The Labute approximate surface area is 112 Å². The minimum Gasteiger partial charge on any atom is -0.312 e. The first-order valence-corrected chi connectivity index (χ1v) is 5.97. The lowest BCUT2D eigenvalue weighted by Crippen LogP contribution is -2.27. The van der Waals surface area contributed by atoms with Crippen LogP contribution in [-0.4, -0.2) is 11.5 Å². The largest absolute Gasteiger partial charge is 0.312 e. The summed E-state index contributed by atoms with van der Waals surface area (Å²) in [6, 6.07) is 17.1. The van der Waals surface area contributed by atoms with Crippen LogP contribution in [0.3, 0.4) is 0 Å². The van der Waals surface area contributed by atoms with Crippen molar-refractivity contribution in [1.82, 2.24) is 5.43 Å². The zero-order valence-corrected chi connectivity index (χ0v) is 10.7. The summed E-state index contributed by atoms with van der Waals surface area (Å²) in [5, 5.41) is 8.29. The molecule has 0 aromatic heterocycles. The molecule has 0 aliphatic heterocycles. The molecule has 0 radical (unpaired) electrons. The molecule has 0 unspecified atom stereocenters. The van der Waals surface area contributed by atoms with Crippen LogP contribution in [0.25, 0.3) is 0 Å². The summed E-state index contributed by atoms with van der Waals surface area (Å²) in [5.74, 6) is 5.93. The van der Waals surface area contributed by atoms with Gasteiger partial charge in [-0.3, -0.25) is 5.41 Å². The van der Waals surface area contributed by atoms with Gasteiger partial charge >= 0.3 is 0 Å². The van der Waals surface area contributed by atoms with Gasteiger partial charge in [-0.05, 0) is 13.0 Å². The second kappa shape index (κ2) is 5.93. The summed E-state index contributed by atoms with van der Waals surface area (Å²) in [6.07, 6.45) is 0. The molecular weight excluding hydrogens is 236 g/mol. The highest BCUT2D eigenvalue weighted by Gasteiger charge is 2.08. The third-order valence-electron chi connectivity index (χ3n) is 2.73. The number of para-hydroxylation sites is 1. The van der Waals surface area contributed by atoms with Gasteiger partial charge in [0.25, 0.3) is 0 Å². The van der Waals surface area contributed by atoms with Crippen LogP contribution >= 0.6 is 0 Å². The van der Waals surface area contributed by atoms with E-state index in [1.807, 2.05) is 54.6 Å². The maximum atomic E-state index is 8.29. The second-order valence-electron chi connectivity index (χ2n) is 4.10. The predicted octanol–water partition coefficient (Wildman–Crippen LogP) is 2.62. The van der Waals surface area contributed by atoms with E-state index < -0.39 is 0 Å². The fraction of sp³-hybridized carbons (Fsp3) is 0.0667. The van der Waals surface area contributed by atoms with Crippen molar-refractivity contribution in [3.63, 3.8) is 0 Å². The molecule has 0 aliphatic carbocycles. The summed E-state index contributed by atoms with van der Waals surface area (Å²) in [6.45, 7) is 1.78. The molecule has 96 valence electrons. The summed E-state index contributed by atoms with van der Waals surface area (Å²) < 4.78 is 0. The van der Waals surface area contributed by atoms with Gasteiger partial charge in [0.05, 0.1) is 11.4 Å². The van der Waals surface area contributed by atoms with Crippen LogP contribution in [0.2, 0.25) is 0 Å². The van der Waals surface area contributed by atoms with Crippen LogP contribution in [0.5, 0.6) is 0 Å². The highest BCUT2D eigenvalue weighted by atomic mass is 15.2. The third kappa shape index (κ3) is 3.05. The van der Waals surface area contributed by atoms with Crippen molar-refractivity contribution in [2.75, 3.05) is 0 Å². The highest BCUT2D eigenvalue weighted by Crippen LogP contribution is 2.22. The molecule has 0 amide bonds. The van der Waals surface area contributed by atoms with Crippen LogP contribution in [-0.2, 0) is 0 Å². The topological polar surface area (TPSA) is 74.3 Å². The molecule has 0 saturated carbocycles. The van der Waals surface area contributed by atoms with Crippen LogP contribution in [0.15, 0.2) is 59.6 Å². The quantitative estimate of drug-likeness (QED) is 0.340. The molecule has 0 aliphatic rings. The summed E-state index contributed by atoms with van der Waals surface area (Å²) >= 11 is 0. The van der Waals surface area contributed by atoms with E-state index in [-0.39, 0.29) is 0 Å². The van der Waals surface area contributed by atoms with Gasteiger partial charge in [0.2, 0.25) is 0 Å². The molecule has 0 spiro atoms. The summed E-state index contributed by atoms with van der Waals surface area (Å²) in [7, 11) is 0. The zero-order chi connectivity index (χ0) is 13.7. The number of nitrogens with two attached hydrogens (primary N) is 1. The number of rotatable bonds is 3. The lowest BCUT2D eigenvalue weighted by molar-refractivity contribution is 1.02. The van der Waals surface area contributed by atoms with Crippen LogP contribution in [0.4, 0.5) is 5.69 Å². The van der Waals surface area contributed by atoms with Crippen molar-refractivity contribution in [3.05, 3.63) is 65.7 Å². The Morgan fingerprint density at radius 2 is 1.68 bits per heavy atom. The summed E-state index contributed by atoms with van der Waals surface area (Å²) in [5.41, 5.74) is 5.32. The Morgan fingerprint density at radius 1 is 1.05 bits per heavy atom. The Balaban J connectivity index is 2.43. The molecule has 2 rings (SSSR count). The average Bonchev–Trinajstić information content (AvgIpc) is 2.48. The number of hydrazine groups is 1. The molecule has 2 aromatic carbocycles. The van der Waals surface area contributed by atoms with E-state index in [9.17, 15) is 0 Å². The SMILES string of the molecule is CC(=Nc1ccccc1C(=N)c1ccccc1)NN. The van der Waals surface area contributed by atoms with E-state index in [2.05, 4.69) is 10.4 Å². The Kier molecular flexibility index (Phi) is 4.05. The molecule has 19 heavy (non-hydrogen) atoms. The lowest BCUT2D eigenvalue weighted by Gasteiger charge is -2.08. The van der Waals surface area contributed by atoms with E-state index in [0.717, 1.165) is 16.8 Å². The Morgan fingerprint density at radius 3 is 2.37 bits per heavy atom. The maximum absolute atomic E-state index is 8.29. The molecule has 0 heterocycles. The van der Waals surface area contributed by atoms with Gasteiger partial charge in [-0.25, -0.2) is 10.8 Å². The van der Waals surface area contributed by atoms with Crippen molar-refractivity contribution >= 4 is 17.2 Å². The maximum Gasteiger partial charge on any atom is 0.113 e. The first kappa shape index (κ1) is 13.0. The molecule has 4 heteroatoms. The van der Waals surface area contributed by atoms with Gasteiger partial charge in [0.1, 0.15) is 5.84 Å². The van der Waals surface area contributed by atoms with Crippen LogP contribution in [0.1, 0.15) is 18.1 Å². The third-order valence-corrected chi connectivity index (χ3v) is 2.73. The number of hydrogen-bond acceptors (Lipinski definition) is 3. The zero-order valence-electron chi connectivity index (χ0n) is 10.7. The van der Waals surface area contributed by atoms with Crippen LogP contribution in [0, 0.1) is 5.41 Å². The average molecular weight is 252 g/mol. The van der Waals surface area contributed by atoms with Crippen molar-refractivity contribution in [2.24, 2.45) is 10.8 Å². The van der Waals surface area contributed by atoms with E-state index in [4.69, 9.17) is 11.3 Å². The summed E-state index contributed by atoms with van der Waals surface area (Å²) in [4.78, 5) is 4.36. The molecule has 4 nitrogen and oxygen atoms in total. The van der Waals surface area contributed by atoms with Crippen molar-refractivity contribution < 1.29 is 0 Å². The number of benzene rings is 2. The van der Waals surface area contributed by atoms with Gasteiger partial charge in [-0.2, -0.15) is 0 Å². The first-order valence-electron chi connectivity index (χ1n) is 5.97. The monoisotopic (exact) mass is 252 g/mol. The van der Waals surface area contributed by atoms with Crippen LogP contribution < -0.4 is 11.3 Å². The smallest absolute Gasteiger partial charge is 0.113 e. The standard InChI is InChI=1S/C15H16N4/c1-11(19-17)18-14-10-6-5-9-13(14)15(16)12-7-3-2-4-8-12/h2-10,16H,17H2,1H3,(H,18,19). The number of aliphatic imine (C=N–C) groups is 1. The van der Waals surface area contributed by atoms with Crippen molar-refractivity contribution in [1.29, 1.82) is 5.41 Å². The van der Waals surface area contributed by atoms with E-state index in [1.54, 1.807) is 6.92 Å². The normalized spacial score (nSPS) is 11.2. The van der Waals surface area contributed by atoms with Gasteiger partial charge < -0.3 is 5.43 Å². The molecule has 0 bridgehead atoms. The molecule has 4 N–H and O–H groups in total. The van der Waals surface area contributed by atoms with Gasteiger partial charge in [0, 0.05) is 11.1 Å². The van der Waals surface area contributed by atoms with E-state index in [0.29, 0.717) is 11.5 Å². The molecular formula is C15H16N4. The van der Waals surface area contributed by atoms with E-state index >= 15 is 0 Å². The number of amidine groups is 1. The van der Waals surface area contributed by atoms with Gasteiger partial charge in [0.15, 0.2) is 0 Å². The van der Waals surface area contributed by atoms with Crippen molar-refractivity contribution in [3.8, 4) is 0 Å². The Hall–Kier alpha value is -2.46. The Bertz CT molecular complexity index is 603. The lowest BCUT2D eigenvalue weighted by atomic mass is 10.0. The molecule has 2 aromatic rings. The first-order chi connectivity index (χ1) is 9.22. The fourth-order valence-corrected chi connectivity index (χ4v) is 1.76. The number of hydrogen-bond donors (Lipinski definition) is 3. The van der Waals surface area contributed by atoms with Gasteiger partial charge in [-0.1, -0.05) is 48.5 Å².